The van der Waals surface area contributed by atoms with E-state index in [9.17, 15) is 18.0 Å². The highest BCUT2D eigenvalue weighted by Gasteiger charge is 2.35. The molecule has 10 heteroatoms. The van der Waals surface area contributed by atoms with Gasteiger partial charge in [0.25, 0.3) is 10.0 Å². The Bertz CT molecular complexity index is 1440. The number of benzene rings is 3. The Morgan fingerprint density at radius 1 is 0.950 bits per heavy atom. The summed E-state index contributed by atoms with van der Waals surface area (Å²) in [5.74, 6) is -0.875. The highest BCUT2D eigenvalue weighted by Crippen LogP contribution is 2.33. The number of aryl methyl sites for hydroxylation is 1. The van der Waals surface area contributed by atoms with Crippen molar-refractivity contribution in [2.45, 2.75) is 64.1 Å². The molecule has 1 unspecified atom stereocenters. The highest BCUT2D eigenvalue weighted by atomic mass is 35.5. The van der Waals surface area contributed by atoms with Crippen LogP contribution in [0.4, 0.5) is 5.69 Å². The van der Waals surface area contributed by atoms with Gasteiger partial charge in [-0.05, 0) is 70.0 Å². The van der Waals surface area contributed by atoms with Gasteiger partial charge in [0.05, 0.1) is 15.6 Å². The summed E-state index contributed by atoms with van der Waals surface area (Å²) in [5.41, 5.74) is 1.44. The Labute approximate surface area is 247 Å². The summed E-state index contributed by atoms with van der Waals surface area (Å²) < 4.78 is 28.7. The number of hydrogen-bond donors (Lipinski definition) is 1. The lowest BCUT2D eigenvalue weighted by molar-refractivity contribution is -0.141. The van der Waals surface area contributed by atoms with Gasteiger partial charge in [0, 0.05) is 17.1 Å². The molecule has 7 nitrogen and oxygen atoms in total. The van der Waals surface area contributed by atoms with Crippen molar-refractivity contribution >= 4 is 50.7 Å². The predicted molar refractivity (Wildman–Crippen MR) is 161 cm³/mol. The molecule has 3 aromatic carbocycles. The maximum atomic E-state index is 14.1. The van der Waals surface area contributed by atoms with Crippen molar-refractivity contribution in [3.05, 3.63) is 94.0 Å². The molecule has 2 amide bonds. The van der Waals surface area contributed by atoms with E-state index in [-0.39, 0.29) is 28.1 Å². The van der Waals surface area contributed by atoms with Crippen LogP contribution in [0.2, 0.25) is 10.0 Å². The summed E-state index contributed by atoms with van der Waals surface area (Å²) in [6.45, 7) is 8.89. The van der Waals surface area contributed by atoms with Gasteiger partial charge in [-0.3, -0.25) is 13.9 Å². The first kappa shape index (κ1) is 31.5. The lowest BCUT2D eigenvalue weighted by Crippen LogP contribution is -2.55. The van der Waals surface area contributed by atoms with Crippen molar-refractivity contribution in [2.24, 2.45) is 0 Å². The van der Waals surface area contributed by atoms with Crippen molar-refractivity contribution in [3.8, 4) is 0 Å². The van der Waals surface area contributed by atoms with Crippen LogP contribution in [0.5, 0.6) is 0 Å². The van der Waals surface area contributed by atoms with E-state index in [1.54, 1.807) is 18.2 Å². The van der Waals surface area contributed by atoms with Gasteiger partial charge in [0.1, 0.15) is 12.6 Å². The molecule has 0 aliphatic heterocycles. The second kappa shape index (κ2) is 13.1. The molecule has 0 aliphatic carbocycles. The van der Waals surface area contributed by atoms with Gasteiger partial charge < -0.3 is 10.2 Å². The molecule has 0 aliphatic rings. The molecule has 0 radical (unpaired) electrons. The van der Waals surface area contributed by atoms with E-state index in [1.165, 1.54) is 35.2 Å². The Kier molecular flexibility index (Phi) is 10.3. The lowest BCUT2D eigenvalue weighted by Gasteiger charge is -2.35. The number of carbonyl (C=O) groups is 2. The molecule has 0 saturated carbocycles. The zero-order valence-corrected chi connectivity index (χ0v) is 25.6. The topological polar surface area (TPSA) is 86.8 Å². The van der Waals surface area contributed by atoms with Crippen LogP contribution in [-0.2, 0) is 26.2 Å². The fraction of sp³-hybridized carbons (Fsp3) is 0.333. The van der Waals surface area contributed by atoms with Gasteiger partial charge in [-0.15, -0.1) is 0 Å². The highest BCUT2D eigenvalue weighted by molar-refractivity contribution is 7.92. The number of rotatable bonds is 10. The van der Waals surface area contributed by atoms with Crippen LogP contribution in [0.25, 0.3) is 0 Å². The van der Waals surface area contributed by atoms with E-state index >= 15 is 0 Å². The molecule has 3 aromatic rings. The number of nitrogens with zero attached hydrogens (tertiary/aromatic N) is 2. The van der Waals surface area contributed by atoms with E-state index < -0.39 is 34.1 Å². The monoisotopic (exact) mass is 603 g/mol. The molecule has 0 heterocycles. The molecule has 0 fully saturated rings. The number of anilines is 1. The van der Waals surface area contributed by atoms with Crippen molar-refractivity contribution in [2.75, 3.05) is 10.8 Å². The summed E-state index contributed by atoms with van der Waals surface area (Å²) in [6, 6.07) is 19.0. The van der Waals surface area contributed by atoms with Crippen LogP contribution in [0.3, 0.4) is 0 Å². The molecule has 0 aromatic heterocycles. The first-order chi connectivity index (χ1) is 18.7. The van der Waals surface area contributed by atoms with Crippen LogP contribution >= 0.6 is 23.2 Å². The van der Waals surface area contributed by atoms with Crippen molar-refractivity contribution < 1.29 is 18.0 Å². The first-order valence-electron chi connectivity index (χ1n) is 12.9. The van der Waals surface area contributed by atoms with E-state index in [0.717, 1.165) is 15.4 Å². The van der Waals surface area contributed by atoms with E-state index in [0.29, 0.717) is 11.4 Å². The zero-order valence-electron chi connectivity index (χ0n) is 23.3. The minimum atomic E-state index is -4.22. The maximum absolute atomic E-state index is 14.1. The summed E-state index contributed by atoms with van der Waals surface area (Å²) in [6.07, 6.45) is 0.326. The van der Waals surface area contributed by atoms with Crippen molar-refractivity contribution in [1.29, 1.82) is 0 Å². The average molecular weight is 605 g/mol. The number of sulfonamides is 1. The average Bonchev–Trinajstić information content (AvgIpc) is 2.88. The largest absolute Gasteiger partial charge is 0.350 e. The van der Waals surface area contributed by atoms with Crippen LogP contribution in [0.15, 0.2) is 77.7 Å². The Morgan fingerprint density at radius 2 is 1.57 bits per heavy atom. The molecule has 1 N–H and O–H groups in total. The second-order valence-electron chi connectivity index (χ2n) is 10.6. The lowest BCUT2D eigenvalue weighted by atomic mass is 10.1. The van der Waals surface area contributed by atoms with Crippen LogP contribution < -0.4 is 9.62 Å². The van der Waals surface area contributed by atoms with E-state index in [2.05, 4.69) is 5.32 Å². The third-order valence-electron chi connectivity index (χ3n) is 6.15. The van der Waals surface area contributed by atoms with E-state index in [4.69, 9.17) is 23.2 Å². The molecule has 40 heavy (non-hydrogen) atoms. The summed E-state index contributed by atoms with van der Waals surface area (Å²) in [4.78, 5) is 28.9. The molecule has 0 spiro atoms. The fourth-order valence-electron chi connectivity index (χ4n) is 4.18. The van der Waals surface area contributed by atoms with Gasteiger partial charge in [-0.25, -0.2) is 8.42 Å². The number of carbonyl (C=O) groups excluding carboxylic acids is 2. The minimum Gasteiger partial charge on any atom is -0.350 e. The Balaban J connectivity index is 2.09. The third kappa shape index (κ3) is 7.99. The molecule has 1 atom stereocenters. The van der Waals surface area contributed by atoms with Crippen molar-refractivity contribution in [1.82, 2.24) is 10.2 Å². The van der Waals surface area contributed by atoms with Crippen molar-refractivity contribution in [3.63, 3.8) is 0 Å². The van der Waals surface area contributed by atoms with Gasteiger partial charge in [-0.2, -0.15) is 0 Å². The molecule has 0 bridgehead atoms. The molecular weight excluding hydrogens is 569 g/mol. The quantitative estimate of drug-likeness (QED) is 0.298. The number of nitrogens with one attached hydrogen (secondary N) is 1. The summed E-state index contributed by atoms with van der Waals surface area (Å²) in [5, 5.41) is 3.35. The predicted octanol–water partition coefficient (Wildman–Crippen LogP) is 6.22. The van der Waals surface area contributed by atoms with Gasteiger partial charge in [0.2, 0.25) is 11.8 Å². The van der Waals surface area contributed by atoms with Crippen LogP contribution in [-0.4, -0.2) is 43.3 Å². The second-order valence-corrected chi connectivity index (χ2v) is 13.3. The van der Waals surface area contributed by atoms with Gasteiger partial charge >= 0.3 is 0 Å². The molecule has 3 rings (SSSR count). The Hall–Kier alpha value is -3.07. The Morgan fingerprint density at radius 3 is 2.12 bits per heavy atom. The number of hydrogen-bond acceptors (Lipinski definition) is 4. The van der Waals surface area contributed by atoms with Gasteiger partial charge in [0.15, 0.2) is 0 Å². The number of amides is 2. The zero-order chi connectivity index (χ0) is 29.7. The maximum Gasteiger partial charge on any atom is 0.264 e. The fourth-order valence-corrected chi connectivity index (χ4v) is 6.19. The standard InChI is InChI=1S/C30H35Cl2N3O4S/c1-6-26(29(37)33-30(3,4)5)34(19-22-14-12-21(2)13-15-22)28(36)20-35(27-17-16-23(31)18-25(27)32)40(38,39)24-10-8-7-9-11-24/h7-18,26H,6,19-20H2,1-5H3,(H,33,37). The van der Waals surface area contributed by atoms with Gasteiger partial charge in [-0.1, -0.05) is 78.2 Å². The smallest absolute Gasteiger partial charge is 0.264 e. The molecule has 214 valence electrons. The van der Waals surface area contributed by atoms with E-state index in [1.807, 2.05) is 58.9 Å². The van der Waals surface area contributed by atoms with Crippen LogP contribution in [0, 0.1) is 6.92 Å². The minimum absolute atomic E-state index is 0.00332. The summed E-state index contributed by atoms with van der Waals surface area (Å²) >= 11 is 12.5. The summed E-state index contributed by atoms with van der Waals surface area (Å²) in [7, 11) is -4.22. The van der Waals surface area contributed by atoms with Crippen LogP contribution in [0.1, 0.15) is 45.2 Å². The molecular formula is C30H35Cl2N3O4S. The molecule has 0 saturated heterocycles. The third-order valence-corrected chi connectivity index (χ3v) is 8.46. The normalized spacial score (nSPS) is 12.5. The SMILES string of the molecule is CCC(C(=O)NC(C)(C)C)N(Cc1ccc(C)cc1)C(=O)CN(c1ccc(Cl)cc1Cl)S(=O)(=O)c1ccccc1. The first-order valence-corrected chi connectivity index (χ1v) is 15.1. The number of halogens is 2.